The summed E-state index contributed by atoms with van der Waals surface area (Å²) in [6, 6.07) is 17.9. The predicted molar refractivity (Wildman–Crippen MR) is 131 cm³/mol. The van der Waals surface area contributed by atoms with Crippen LogP contribution in [0.4, 0.5) is 11.4 Å². The lowest BCUT2D eigenvalue weighted by molar-refractivity contribution is 0.0698. The molecule has 1 amide bonds. The normalized spacial score (nSPS) is 11.2. The minimum absolute atomic E-state index is 0.0284. The van der Waals surface area contributed by atoms with Gasteiger partial charge in [0.25, 0.3) is 5.91 Å². The van der Waals surface area contributed by atoms with E-state index in [-0.39, 0.29) is 16.7 Å². The third-order valence-electron chi connectivity index (χ3n) is 5.27. The second kappa shape index (κ2) is 9.05. The highest BCUT2D eigenvalue weighted by atomic mass is 35.5. The van der Waals surface area contributed by atoms with Crippen LogP contribution in [-0.2, 0) is 5.41 Å². The van der Waals surface area contributed by atoms with Crippen LogP contribution in [0.5, 0.6) is 0 Å². The van der Waals surface area contributed by atoms with E-state index in [0.717, 1.165) is 16.8 Å². The first-order valence-electron chi connectivity index (χ1n) is 10.2. The lowest BCUT2D eigenvalue weighted by Crippen LogP contribution is -2.16. The van der Waals surface area contributed by atoms with Crippen LogP contribution in [0.3, 0.4) is 0 Å². The minimum atomic E-state index is -1.15. The zero-order valence-corrected chi connectivity index (χ0v) is 19.6. The molecule has 0 fully saturated rings. The van der Waals surface area contributed by atoms with Gasteiger partial charge in [-0.2, -0.15) is 0 Å². The number of nitrogens with zero attached hydrogens (tertiary/aromatic N) is 1. The number of halogens is 1. The van der Waals surface area contributed by atoms with E-state index >= 15 is 0 Å². The Bertz CT molecular complexity index is 1160. The highest BCUT2D eigenvalue weighted by molar-refractivity contribution is 6.34. The van der Waals surface area contributed by atoms with Gasteiger partial charge < -0.3 is 15.3 Å². The summed E-state index contributed by atoms with van der Waals surface area (Å²) >= 11 is 6.52. The maximum atomic E-state index is 12.8. The summed E-state index contributed by atoms with van der Waals surface area (Å²) in [5, 5.41) is 12.8. The molecule has 0 saturated heterocycles. The number of anilines is 2. The summed E-state index contributed by atoms with van der Waals surface area (Å²) in [5.74, 6) is -1.54. The summed E-state index contributed by atoms with van der Waals surface area (Å²) in [5.41, 5.74) is 3.98. The van der Waals surface area contributed by atoms with Gasteiger partial charge in [0.15, 0.2) is 0 Å². The van der Waals surface area contributed by atoms with Crippen molar-refractivity contribution in [3.05, 3.63) is 82.4 Å². The second-order valence-corrected chi connectivity index (χ2v) is 9.32. The molecule has 0 radical (unpaired) electrons. The van der Waals surface area contributed by atoms with E-state index in [2.05, 4.69) is 26.1 Å². The van der Waals surface area contributed by atoms with Gasteiger partial charge >= 0.3 is 5.97 Å². The molecule has 5 nitrogen and oxygen atoms in total. The van der Waals surface area contributed by atoms with Gasteiger partial charge in [-0.05, 0) is 52.9 Å². The molecule has 0 unspecified atom stereocenters. The number of hydrogen-bond acceptors (Lipinski definition) is 3. The summed E-state index contributed by atoms with van der Waals surface area (Å²) in [4.78, 5) is 26.7. The van der Waals surface area contributed by atoms with Gasteiger partial charge in [-0.3, -0.25) is 4.79 Å². The molecule has 3 aromatic carbocycles. The predicted octanol–water partition coefficient (Wildman–Crippen LogP) is 6.32. The molecule has 0 aliphatic carbocycles. The molecule has 166 valence electrons. The highest BCUT2D eigenvalue weighted by Crippen LogP contribution is 2.35. The lowest BCUT2D eigenvalue weighted by atomic mass is 9.86. The van der Waals surface area contributed by atoms with Crippen LogP contribution in [0.2, 0.25) is 5.02 Å². The first kappa shape index (κ1) is 23.4. The van der Waals surface area contributed by atoms with Gasteiger partial charge in [-0.1, -0.05) is 56.6 Å². The molecule has 2 N–H and O–H groups in total. The van der Waals surface area contributed by atoms with Crippen LogP contribution in [0.1, 0.15) is 47.1 Å². The third-order valence-corrected chi connectivity index (χ3v) is 5.59. The number of carboxylic acid groups (broad SMARTS) is 1. The standard InChI is InChI=1S/C26H27ClN2O3/c1-26(2,3)18-11-9-16(10-12-18)24(30)28-23-15-22(27)20(14-21(23)25(31)32)17-7-6-8-19(13-17)29(4)5/h6-15H,1-5H3,(H,28,30)(H,31,32). The molecule has 0 atom stereocenters. The molecule has 0 spiro atoms. The average molecular weight is 451 g/mol. The minimum Gasteiger partial charge on any atom is -0.478 e. The van der Waals surface area contributed by atoms with Crippen molar-refractivity contribution in [2.75, 3.05) is 24.3 Å². The Hall–Kier alpha value is -3.31. The van der Waals surface area contributed by atoms with E-state index < -0.39 is 11.9 Å². The fourth-order valence-electron chi connectivity index (χ4n) is 3.34. The number of hydrogen-bond donors (Lipinski definition) is 2. The van der Waals surface area contributed by atoms with Crippen LogP contribution in [0, 0.1) is 0 Å². The molecule has 0 bridgehead atoms. The van der Waals surface area contributed by atoms with Crippen LogP contribution in [-0.4, -0.2) is 31.1 Å². The summed E-state index contributed by atoms with van der Waals surface area (Å²) in [7, 11) is 3.85. The first-order chi connectivity index (χ1) is 15.0. The number of benzene rings is 3. The van der Waals surface area contributed by atoms with Gasteiger partial charge in [0.1, 0.15) is 0 Å². The third kappa shape index (κ3) is 5.11. The second-order valence-electron chi connectivity index (χ2n) is 8.91. The van der Waals surface area contributed by atoms with Crippen molar-refractivity contribution in [2.24, 2.45) is 0 Å². The molecule has 3 rings (SSSR count). The Balaban J connectivity index is 1.95. The number of carbonyl (C=O) groups is 2. The van der Waals surface area contributed by atoms with Crippen molar-refractivity contribution in [3.8, 4) is 11.1 Å². The van der Waals surface area contributed by atoms with E-state index in [1.807, 2.05) is 55.4 Å². The Morgan fingerprint density at radius 1 is 0.969 bits per heavy atom. The molecule has 0 aliphatic heterocycles. The molecular weight excluding hydrogens is 424 g/mol. The van der Waals surface area contributed by atoms with E-state index in [1.54, 1.807) is 12.1 Å². The van der Waals surface area contributed by atoms with Gasteiger partial charge in [0.05, 0.1) is 16.3 Å². The van der Waals surface area contributed by atoms with Crippen molar-refractivity contribution < 1.29 is 14.7 Å². The van der Waals surface area contributed by atoms with E-state index in [4.69, 9.17) is 11.6 Å². The average Bonchev–Trinajstić information content (AvgIpc) is 2.73. The topological polar surface area (TPSA) is 69.6 Å². The van der Waals surface area contributed by atoms with Crippen molar-refractivity contribution in [1.82, 2.24) is 0 Å². The number of aromatic carboxylic acids is 1. The first-order valence-corrected chi connectivity index (χ1v) is 10.6. The van der Waals surface area contributed by atoms with Crippen LogP contribution in [0.25, 0.3) is 11.1 Å². The molecular formula is C26H27ClN2O3. The highest BCUT2D eigenvalue weighted by Gasteiger charge is 2.19. The van der Waals surface area contributed by atoms with Crippen molar-refractivity contribution >= 4 is 34.9 Å². The van der Waals surface area contributed by atoms with Gasteiger partial charge in [-0.25, -0.2) is 4.79 Å². The van der Waals surface area contributed by atoms with Gasteiger partial charge in [-0.15, -0.1) is 0 Å². The molecule has 0 aliphatic rings. The molecule has 3 aromatic rings. The number of rotatable bonds is 5. The van der Waals surface area contributed by atoms with Crippen LogP contribution < -0.4 is 10.2 Å². The maximum absolute atomic E-state index is 12.8. The van der Waals surface area contributed by atoms with Gasteiger partial charge in [0.2, 0.25) is 0 Å². The Labute approximate surface area is 193 Å². The van der Waals surface area contributed by atoms with Crippen LogP contribution >= 0.6 is 11.6 Å². The SMILES string of the molecule is CN(C)c1cccc(-c2cc(C(=O)O)c(NC(=O)c3ccc(C(C)(C)C)cc3)cc2Cl)c1. The van der Waals surface area contributed by atoms with E-state index in [0.29, 0.717) is 16.1 Å². The maximum Gasteiger partial charge on any atom is 0.337 e. The van der Waals surface area contributed by atoms with Crippen molar-refractivity contribution in [3.63, 3.8) is 0 Å². The molecule has 6 heteroatoms. The number of amides is 1. The zero-order valence-electron chi connectivity index (χ0n) is 18.9. The Morgan fingerprint density at radius 2 is 1.62 bits per heavy atom. The zero-order chi connectivity index (χ0) is 23.6. The smallest absolute Gasteiger partial charge is 0.337 e. The fourth-order valence-corrected chi connectivity index (χ4v) is 3.62. The molecule has 0 saturated carbocycles. The van der Waals surface area contributed by atoms with Gasteiger partial charge in [0, 0.05) is 30.9 Å². The van der Waals surface area contributed by atoms with E-state index in [9.17, 15) is 14.7 Å². The summed E-state index contributed by atoms with van der Waals surface area (Å²) in [6.07, 6.45) is 0. The number of nitrogens with one attached hydrogen (secondary N) is 1. The van der Waals surface area contributed by atoms with Crippen molar-refractivity contribution in [2.45, 2.75) is 26.2 Å². The summed E-state index contributed by atoms with van der Waals surface area (Å²) in [6.45, 7) is 6.29. The quantitative estimate of drug-likeness (QED) is 0.477. The molecule has 0 aromatic heterocycles. The molecule has 0 heterocycles. The monoisotopic (exact) mass is 450 g/mol. The van der Waals surface area contributed by atoms with E-state index in [1.165, 1.54) is 12.1 Å². The number of carbonyl (C=O) groups excluding carboxylic acids is 1. The van der Waals surface area contributed by atoms with Crippen LogP contribution in [0.15, 0.2) is 60.7 Å². The largest absolute Gasteiger partial charge is 0.478 e. The fraction of sp³-hybridized carbons (Fsp3) is 0.231. The number of carboxylic acids is 1. The summed E-state index contributed by atoms with van der Waals surface area (Å²) < 4.78 is 0. The van der Waals surface area contributed by atoms with Crippen molar-refractivity contribution in [1.29, 1.82) is 0 Å². The Morgan fingerprint density at radius 3 is 2.19 bits per heavy atom. The molecule has 32 heavy (non-hydrogen) atoms. The lowest BCUT2D eigenvalue weighted by Gasteiger charge is -2.19. The Kier molecular flexibility index (Phi) is 6.60.